The first-order valence-electron chi connectivity index (χ1n) is 7.40. The molecule has 0 unspecified atom stereocenters. The third-order valence-corrected chi connectivity index (χ3v) is 5.12. The smallest absolute Gasteiger partial charge is 0.334 e. The van der Waals surface area contributed by atoms with Crippen LogP contribution in [0.4, 0.5) is 10.6 Å². The maximum absolute atomic E-state index is 12.6. The van der Waals surface area contributed by atoms with E-state index in [4.69, 9.17) is 21.1 Å². The Labute approximate surface area is 159 Å². The largest absolute Gasteiger partial charge is 0.496 e. The predicted molar refractivity (Wildman–Crippen MR) is 96.9 cm³/mol. The van der Waals surface area contributed by atoms with Crippen LogP contribution in [0.2, 0.25) is 5.15 Å². The molecule has 3 heterocycles. The molecule has 0 bridgehead atoms. The Morgan fingerprint density at radius 3 is 2.67 bits per heavy atom. The molecule has 10 nitrogen and oxygen atoms in total. The number of pyridine rings is 2. The van der Waals surface area contributed by atoms with Crippen molar-refractivity contribution < 1.29 is 22.7 Å². The highest BCUT2D eigenvalue weighted by molar-refractivity contribution is 7.90. The summed E-state index contributed by atoms with van der Waals surface area (Å²) in [6.45, 7) is 0. The van der Waals surface area contributed by atoms with E-state index in [-0.39, 0.29) is 21.9 Å². The van der Waals surface area contributed by atoms with Crippen LogP contribution in [0.25, 0.3) is 5.65 Å². The second-order valence-electron chi connectivity index (χ2n) is 5.13. The highest BCUT2D eigenvalue weighted by Crippen LogP contribution is 2.23. The molecular formula is C15H14ClN5O5S. The molecule has 0 aliphatic carbocycles. The molecule has 0 spiro atoms. The number of anilines is 1. The van der Waals surface area contributed by atoms with Gasteiger partial charge in [-0.05, 0) is 12.1 Å². The van der Waals surface area contributed by atoms with Gasteiger partial charge >= 0.3 is 6.03 Å². The SMILES string of the molecule is COc1cc(NC(=O)NS(=O)(=O)c2c(Cl)nc3ccccn23)nc(OC)c1. The van der Waals surface area contributed by atoms with Crippen LogP contribution in [-0.2, 0) is 10.0 Å². The van der Waals surface area contributed by atoms with Gasteiger partial charge < -0.3 is 9.47 Å². The summed E-state index contributed by atoms with van der Waals surface area (Å²) < 4.78 is 38.4. The van der Waals surface area contributed by atoms with Crippen LogP contribution < -0.4 is 19.5 Å². The number of fused-ring (bicyclic) bond motifs is 1. The minimum absolute atomic E-state index is 0.0307. The van der Waals surface area contributed by atoms with Gasteiger partial charge in [0.2, 0.25) is 5.88 Å². The number of nitrogens with zero attached hydrogens (tertiary/aromatic N) is 3. The van der Waals surface area contributed by atoms with Crippen LogP contribution in [0, 0.1) is 0 Å². The number of imidazole rings is 1. The number of urea groups is 1. The first-order chi connectivity index (χ1) is 12.8. The first-order valence-corrected chi connectivity index (χ1v) is 9.26. The Kier molecular flexibility index (Phi) is 5.06. The Balaban J connectivity index is 1.86. The van der Waals surface area contributed by atoms with Gasteiger partial charge in [-0.15, -0.1) is 0 Å². The van der Waals surface area contributed by atoms with Crippen molar-refractivity contribution in [1.29, 1.82) is 0 Å². The molecule has 0 radical (unpaired) electrons. The summed E-state index contributed by atoms with van der Waals surface area (Å²) in [5.41, 5.74) is 0.322. The van der Waals surface area contributed by atoms with Crippen molar-refractivity contribution in [2.75, 3.05) is 19.5 Å². The van der Waals surface area contributed by atoms with Crippen molar-refractivity contribution in [3.05, 3.63) is 41.7 Å². The van der Waals surface area contributed by atoms with Gasteiger partial charge in [-0.25, -0.2) is 14.5 Å². The Bertz CT molecular complexity index is 1090. The molecular weight excluding hydrogens is 398 g/mol. The van der Waals surface area contributed by atoms with Gasteiger partial charge in [-0.3, -0.25) is 9.72 Å². The van der Waals surface area contributed by atoms with E-state index in [0.29, 0.717) is 11.4 Å². The molecule has 0 aliphatic rings. The maximum atomic E-state index is 12.6. The Morgan fingerprint density at radius 1 is 1.19 bits per heavy atom. The lowest BCUT2D eigenvalue weighted by molar-refractivity contribution is 0.256. The first kappa shape index (κ1) is 18.7. The summed E-state index contributed by atoms with van der Waals surface area (Å²) >= 11 is 5.95. The number of carbonyl (C=O) groups is 1. The zero-order valence-electron chi connectivity index (χ0n) is 14.1. The average molecular weight is 412 g/mol. The van der Waals surface area contributed by atoms with E-state index in [2.05, 4.69) is 15.3 Å². The number of carbonyl (C=O) groups excluding carboxylic acids is 1. The molecule has 3 rings (SSSR count). The molecule has 0 saturated heterocycles. The standard InChI is InChI=1S/C15H14ClN5O5S/c1-25-9-7-10(17-12(8-9)26-2)18-15(22)20-27(23,24)14-13(16)19-11-5-3-4-6-21(11)14/h3-8H,1-2H3,(H2,17,18,20,22). The third-order valence-electron chi connectivity index (χ3n) is 3.39. The van der Waals surface area contributed by atoms with Crippen LogP contribution in [0.1, 0.15) is 0 Å². The highest BCUT2D eigenvalue weighted by Gasteiger charge is 2.26. The number of amides is 2. The quantitative estimate of drug-likeness (QED) is 0.657. The molecule has 3 aromatic rings. The van der Waals surface area contributed by atoms with Gasteiger partial charge in [0.15, 0.2) is 10.2 Å². The predicted octanol–water partition coefficient (Wildman–Crippen LogP) is 1.91. The summed E-state index contributed by atoms with van der Waals surface area (Å²) in [6.07, 6.45) is 1.47. The van der Waals surface area contributed by atoms with Gasteiger partial charge in [-0.1, -0.05) is 17.7 Å². The fraction of sp³-hybridized carbons (Fsp3) is 0.133. The Morgan fingerprint density at radius 2 is 1.96 bits per heavy atom. The van der Waals surface area contributed by atoms with E-state index < -0.39 is 16.1 Å². The summed E-state index contributed by atoms with van der Waals surface area (Å²) in [6, 6.07) is 6.72. The molecule has 0 atom stereocenters. The summed E-state index contributed by atoms with van der Waals surface area (Å²) in [5, 5.41) is 1.69. The average Bonchev–Trinajstić information content (AvgIpc) is 2.97. The number of hydrogen-bond donors (Lipinski definition) is 2. The summed E-state index contributed by atoms with van der Waals surface area (Å²) in [4.78, 5) is 20.1. The molecule has 0 saturated carbocycles. The lowest BCUT2D eigenvalue weighted by atomic mass is 10.4. The molecule has 142 valence electrons. The molecule has 2 N–H and O–H groups in total. The van der Waals surface area contributed by atoms with Crippen molar-refractivity contribution in [3.8, 4) is 11.6 Å². The van der Waals surface area contributed by atoms with E-state index in [9.17, 15) is 13.2 Å². The fourth-order valence-corrected chi connectivity index (χ4v) is 3.82. The number of hydrogen-bond acceptors (Lipinski definition) is 7. The lowest BCUT2D eigenvalue weighted by Crippen LogP contribution is -2.35. The van der Waals surface area contributed by atoms with Gasteiger partial charge in [0.05, 0.1) is 14.2 Å². The monoisotopic (exact) mass is 411 g/mol. The van der Waals surface area contributed by atoms with Crippen LogP contribution in [-0.4, -0.2) is 43.0 Å². The van der Waals surface area contributed by atoms with Gasteiger partial charge in [0.25, 0.3) is 10.0 Å². The number of rotatable bonds is 5. The second kappa shape index (κ2) is 7.29. The number of sulfonamides is 1. The van der Waals surface area contributed by atoms with Crippen molar-refractivity contribution in [2.24, 2.45) is 0 Å². The number of methoxy groups -OCH3 is 2. The van der Waals surface area contributed by atoms with Gasteiger partial charge in [0.1, 0.15) is 17.2 Å². The molecule has 0 aliphatic heterocycles. The van der Waals surface area contributed by atoms with Gasteiger partial charge in [0, 0.05) is 18.3 Å². The van der Waals surface area contributed by atoms with Crippen molar-refractivity contribution in [2.45, 2.75) is 5.03 Å². The van der Waals surface area contributed by atoms with E-state index >= 15 is 0 Å². The van der Waals surface area contributed by atoms with E-state index in [0.717, 1.165) is 0 Å². The van der Waals surface area contributed by atoms with Gasteiger partial charge in [-0.2, -0.15) is 13.4 Å². The fourth-order valence-electron chi connectivity index (χ4n) is 2.27. The van der Waals surface area contributed by atoms with Crippen molar-refractivity contribution >= 4 is 39.1 Å². The zero-order chi connectivity index (χ0) is 19.6. The third kappa shape index (κ3) is 3.88. The van der Waals surface area contributed by atoms with Crippen LogP contribution in [0.15, 0.2) is 41.6 Å². The highest BCUT2D eigenvalue weighted by atomic mass is 35.5. The normalized spacial score (nSPS) is 11.2. The van der Waals surface area contributed by atoms with Crippen LogP contribution >= 0.6 is 11.6 Å². The molecule has 0 fully saturated rings. The number of aromatic nitrogens is 3. The summed E-state index contributed by atoms with van der Waals surface area (Å²) in [5.74, 6) is 0.574. The minimum atomic E-state index is -4.31. The van der Waals surface area contributed by atoms with E-state index in [1.165, 1.54) is 36.9 Å². The van der Waals surface area contributed by atoms with Crippen LogP contribution in [0.3, 0.4) is 0 Å². The molecule has 0 aromatic carbocycles. The number of nitrogens with one attached hydrogen (secondary N) is 2. The van der Waals surface area contributed by atoms with Crippen molar-refractivity contribution in [1.82, 2.24) is 19.1 Å². The number of ether oxygens (including phenoxy) is 2. The van der Waals surface area contributed by atoms with E-state index in [1.807, 2.05) is 4.72 Å². The Hall–Kier alpha value is -3.05. The second-order valence-corrected chi connectivity index (χ2v) is 7.09. The maximum Gasteiger partial charge on any atom is 0.334 e. The molecule has 12 heteroatoms. The van der Waals surface area contributed by atoms with Crippen molar-refractivity contribution in [3.63, 3.8) is 0 Å². The molecule has 27 heavy (non-hydrogen) atoms. The lowest BCUT2D eigenvalue weighted by Gasteiger charge is -2.10. The molecule has 3 aromatic heterocycles. The van der Waals surface area contributed by atoms with E-state index in [1.54, 1.807) is 18.2 Å². The zero-order valence-corrected chi connectivity index (χ0v) is 15.7. The topological polar surface area (TPSA) is 124 Å². The minimum Gasteiger partial charge on any atom is -0.496 e. The molecule has 2 amide bonds. The number of halogens is 1. The van der Waals surface area contributed by atoms with Crippen LogP contribution in [0.5, 0.6) is 11.6 Å². The summed E-state index contributed by atoms with van der Waals surface area (Å²) in [7, 11) is -1.49.